The van der Waals surface area contributed by atoms with E-state index in [1.54, 1.807) is 19.1 Å². The van der Waals surface area contributed by atoms with E-state index in [9.17, 15) is 14.4 Å². The summed E-state index contributed by atoms with van der Waals surface area (Å²) in [5.74, 6) is -1.01. The van der Waals surface area contributed by atoms with Gasteiger partial charge in [0.05, 0.1) is 6.42 Å². The van der Waals surface area contributed by atoms with Crippen molar-refractivity contribution < 1.29 is 19.1 Å². The first-order valence-corrected chi connectivity index (χ1v) is 7.81. The molecule has 1 atom stereocenters. The Kier molecular flexibility index (Phi) is 5.73. The highest BCUT2D eigenvalue weighted by atomic mass is 16.5. The van der Waals surface area contributed by atoms with Crippen molar-refractivity contribution in [2.45, 2.75) is 45.3 Å². The maximum absolute atomic E-state index is 12.0. The molecule has 0 saturated heterocycles. The summed E-state index contributed by atoms with van der Waals surface area (Å²) in [7, 11) is 0. The van der Waals surface area contributed by atoms with Gasteiger partial charge in [-0.2, -0.15) is 0 Å². The van der Waals surface area contributed by atoms with Crippen LogP contribution in [0.25, 0.3) is 0 Å². The van der Waals surface area contributed by atoms with Crippen LogP contribution < -0.4 is 10.6 Å². The number of hydrogen-bond donors (Lipinski definition) is 2. The number of hydrogen-bond acceptors (Lipinski definition) is 4. The Bertz CT molecular complexity index is 596. The number of rotatable bonds is 7. The van der Waals surface area contributed by atoms with E-state index in [-0.39, 0.29) is 30.8 Å². The lowest BCUT2D eigenvalue weighted by atomic mass is 10.1. The van der Waals surface area contributed by atoms with Crippen LogP contribution in [0.4, 0.5) is 0 Å². The van der Waals surface area contributed by atoms with Crippen molar-refractivity contribution >= 4 is 17.8 Å². The van der Waals surface area contributed by atoms with E-state index in [0.29, 0.717) is 5.56 Å². The largest absolute Gasteiger partial charge is 0.452 e. The standard InChI is InChI=1S/C17H22N2O4/c1-11-5-3-4-6-14(11)17(22)18-10-9-15(20)23-12(2)16(21)19-13-7-8-13/h3-6,12-13H,7-10H2,1-2H3,(H,18,22)(H,19,21)/t12-/m0/s1. The molecule has 6 heteroatoms. The molecule has 0 unspecified atom stereocenters. The van der Waals surface area contributed by atoms with Crippen LogP contribution in [0.3, 0.4) is 0 Å². The maximum atomic E-state index is 12.0. The molecule has 0 radical (unpaired) electrons. The molecule has 2 amide bonds. The van der Waals surface area contributed by atoms with Crippen LogP contribution in [0.5, 0.6) is 0 Å². The van der Waals surface area contributed by atoms with Crippen molar-refractivity contribution in [2.75, 3.05) is 6.54 Å². The average molecular weight is 318 g/mol. The molecule has 1 saturated carbocycles. The quantitative estimate of drug-likeness (QED) is 0.743. The SMILES string of the molecule is Cc1ccccc1C(=O)NCCC(=O)O[C@@H](C)C(=O)NC1CC1. The van der Waals surface area contributed by atoms with Gasteiger partial charge in [-0.15, -0.1) is 0 Å². The molecule has 0 heterocycles. The number of benzene rings is 1. The third-order valence-corrected chi connectivity index (χ3v) is 3.61. The molecule has 2 rings (SSSR count). The highest BCUT2D eigenvalue weighted by molar-refractivity contribution is 5.95. The number of esters is 1. The predicted molar refractivity (Wildman–Crippen MR) is 84.8 cm³/mol. The summed E-state index contributed by atoms with van der Waals surface area (Å²) >= 11 is 0. The normalized spacial score (nSPS) is 14.7. The minimum atomic E-state index is -0.810. The fourth-order valence-electron chi connectivity index (χ4n) is 2.06. The van der Waals surface area contributed by atoms with Gasteiger partial charge in [0.15, 0.2) is 6.10 Å². The van der Waals surface area contributed by atoms with Crippen LogP contribution in [0.1, 0.15) is 42.1 Å². The lowest BCUT2D eigenvalue weighted by Gasteiger charge is -2.13. The molecule has 0 spiro atoms. The third kappa shape index (κ3) is 5.39. The summed E-state index contributed by atoms with van der Waals surface area (Å²) in [6.45, 7) is 3.56. The second kappa shape index (κ2) is 7.76. The van der Waals surface area contributed by atoms with E-state index in [0.717, 1.165) is 18.4 Å². The van der Waals surface area contributed by atoms with Crippen LogP contribution in [0.15, 0.2) is 24.3 Å². The Balaban J connectivity index is 1.69. The van der Waals surface area contributed by atoms with Gasteiger partial charge in [0, 0.05) is 18.2 Å². The van der Waals surface area contributed by atoms with E-state index in [1.807, 2.05) is 19.1 Å². The minimum Gasteiger partial charge on any atom is -0.452 e. The van der Waals surface area contributed by atoms with Gasteiger partial charge in [-0.3, -0.25) is 14.4 Å². The van der Waals surface area contributed by atoms with Crippen LogP contribution >= 0.6 is 0 Å². The van der Waals surface area contributed by atoms with Gasteiger partial charge in [-0.1, -0.05) is 18.2 Å². The third-order valence-electron chi connectivity index (χ3n) is 3.61. The van der Waals surface area contributed by atoms with Gasteiger partial charge in [0.25, 0.3) is 11.8 Å². The zero-order chi connectivity index (χ0) is 16.8. The van der Waals surface area contributed by atoms with Gasteiger partial charge >= 0.3 is 5.97 Å². The number of carbonyl (C=O) groups excluding carboxylic acids is 3. The summed E-state index contributed by atoms with van der Waals surface area (Å²) in [6.07, 6.45) is 1.18. The van der Waals surface area contributed by atoms with Gasteiger partial charge in [-0.05, 0) is 38.3 Å². The summed E-state index contributed by atoms with van der Waals surface area (Å²) in [5.41, 5.74) is 1.45. The van der Waals surface area contributed by atoms with Crippen molar-refractivity contribution in [3.8, 4) is 0 Å². The Morgan fingerprint density at radius 2 is 1.96 bits per heavy atom. The van der Waals surface area contributed by atoms with Crippen LogP contribution in [0.2, 0.25) is 0 Å². The zero-order valence-electron chi connectivity index (χ0n) is 13.4. The first kappa shape index (κ1) is 17.0. The molecule has 124 valence electrons. The van der Waals surface area contributed by atoms with Crippen LogP contribution in [-0.4, -0.2) is 36.5 Å². The van der Waals surface area contributed by atoms with Gasteiger partial charge < -0.3 is 15.4 Å². The molecule has 1 aliphatic rings. The number of aryl methyl sites for hydroxylation is 1. The van der Waals surface area contributed by atoms with Crippen LogP contribution in [-0.2, 0) is 14.3 Å². The van der Waals surface area contributed by atoms with E-state index in [1.165, 1.54) is 0 Å². The number of amides is 2. The Hall–Kier alpha value is -2.37. The first-order chi connectivity index (χ1) is 11.0. The molecule has 1 aromatic rings. The first-order valence-electron chi connectivity index (χ1n) is 7.81. The number of nitrogens with one attached hydrogen (secondary N) is 2. The molecular weight excluding hydrogens is 296 g/mol. The van der Waals surface area contributed by atoms with E-state index in [2.05, 4.69) is 10.6 Å². The maximum Gasteiger partial charge on any atom is 0.308 e. The lowest BCUT2D eigenvalue weighted by molar-refractivity contribution is -0.154. The molecule has 0 aliphatic heterocycles. The molecule has 0 aromatic heterocycles. The van der Waals surface area contributed by atoms with Crippen molar-refractivity contribution in [3.63, 3.8) is 0 Å². The predicted octanol–water partition coefficient (Wildman–Crippen LogP) is 1.33. The smallest absolute Gasteiger partial charge is 0.308 e. The van der Waals surface area contributed by atoms with Crippen molar-refractivity contribution in [1.82, 2.24) is 10.6 Å². The molecule has 2 N–H and O–H groups in total. The Morgan fingerprint density at radius 1 is 1.26 bits per heavy atom. The van der Waals surface area contributed by atoms with Crippen molar-refractivity contribution in [1.29, 1.82) is 0 Å². The summed E-state index contributed by atoms with van der Waals surface area (Å²) < 4.78 is 5.05. The molecule has 1 fully saturated rings. The fourth-order valence-corrected chi connectivity index (χ4v) is 2.06. The zero-order valence-corrected chi connectivity index (χ0v) is 13.4. The van der Waals surface area contributed by atoms with Gasteiger partial charge in [0.1, 0.15) is 0 Å². The van der Waals surface area contributed by atoms with Crippen molar-refractivity contribution in [3.05, 3.63) is 35.4 Å². The molecule has 1 aliphatic carbocycles. The Morgan fingerprint density at radius 3 is 2.61 bits per heavy atom. The number of carbonyl (C=O) groups is 3. The second-order valence-corrected chi connectivity index (χ2v) is 5.74. The van der Waals surface area contributed by atoms with Crippen LogP contribution in [0, 0.1) is 6.92 Å². The highest BCUT2D eigenvalue weighted by Crippen LogP contribution is 2.18. The van der Waals surface area contributed by atoms with Crippen molar-refractivity contribution in [2.24, 2.45) is 0 Å². The van der Waals surface area contributed by atoms with E-state index in [4.69, 9.17) is 4.74 Å². The molecular formula is C17H22N2O4. The lowest BCUT2D eigenvalue weighted by Crippen LogP contribution is -2.37. The summed E-state index contributed by atoms with van der Waals surface area (Å²) in [6, 6.07) is 7.46. The number of ether oxygens (including phenoxy) is 1. The average Bonchev–Trinajstić information content (AvgIpc) is 3.31. The Labute approximate surface area is 135 Å². The summed E-state index contributed by atoms with van der Waals surface area (Å²) in [4.78, 5) is 35.3. The molecule has 6 nitrogen and oxygen atoms in total. The summed E-state index contributed by atoms with van der Waals surface area (Å²) in [5, 5.41) is 5.45. The monoisotopic (exact) mass is 318 g/mol. The highest BCUT2D eigenvalue weighted by Gasteiger charge is 2.27. The van der Waals surface area contributed by atoms with Gasteiger partial charge in [0.2, 0.25) is 0 Å². The minimum absolute atomic E-state index is 0.0265. The van der Waals surface area contributed by atoms with E-state index >= 15 is 0 Å². The van der Waals surface area contributed by atoms with Gasteiger partial charge in [-0.25, -0.2) is 0 Å². The fraction of sp³-hybridized carbons (Fsp3) is 0.471. The molecule has 23 heavy (non-hydrogen) atoms. The second-order valence-electron chi connectivity index (χ2n) is 5.74. The molecule has 0 bridgehead atoms. The van der Waals surface area contributed by atoms with E-state index < -0.39 is 12.1 Å². The topological polar surface area (TPSA) is 84.5 Å². The molecule has 1 aromatic carbocycles.